The average Bonchev–Trinajstić information content (AvgIpc) is 3.37. The van der Waals surface area contributed by atoms with E-state index in [-0.39, 0.29) is 12.0 Å². The van der Waals surface area contributed by atoms with E-state index in [4.69, 9.17) is 13.9 Å². The maximum Gasteiger partial charge on any atom is 0.409 e. The molecule has 2 aromatic carbocycles. The minimum atomic E-state index is -0.334. The zero-order valence-electron chi connectivity index (χ0n) is 20.9. The predicted molar refractivity (Wildman–Crippen MR) is 136 cm³/mol. The second-order valence-corrected chi connectivity index (χ2v) is 8.73. The van der Waals surface area contributed by atoms with Crippen LogP contribution in [-0.4, -0.2) is 66.6 Å². The maximum absolute atomic E-state index is 13.0. The summed E-state index contributed by atoms with van der Waals surface area (Å²) < 4.78 is 16.4. The van der Waals surface area contributed by atoms with Crippen LogP contribution in [-0.2, 0) is 24.4 Å². The standard InChI is InChI=1S/C28H33N3O5/c1-3-35-28(33)31-16-14-30(15-17-31)27(32)26-13-12-25(36-26)21-29(19-22-8-5-4-6-9-22)20-23-10-7-11-24(18-23)34-2/h4-13,18H,3,14-17,19-21H2,1-2H3. The molecule has 0 unspecified atom stereocenters. The molecule has 1 fully saturated rings. The predicted octanol–water partition coefficient (Wildman–Crippen LogP) is 4.40. The van der Waals surface area contributed by atoms with Gasteiger partial charge in [-0.1, -0.05) is 42.5 Å². The van der Waals surface area contributed by atoms with Gasteiger partial charge in [-0.25, -0.2) is 4.79 Å². The zero-order valence-corrected chi connectivity index (χ0v) is 20.9. The van der Waals surface area contributed by atoms with Gasteiger partial charge in [0.2, 0.25) is 0 Å². The number of furan rings is 1. The molecule has 1 saturated heterocycles. The van der Waals surface area contributed by atoms with Crippen LogP contribution in [0.3, 0.4) is 0 Å². The lowest BCUT2D eigenvalue weighted by Crippen LogP contribution is -2.50. The van der Waals surface area contributed by atoms with E-state index >= 15 is 0 Å². The van der Waals surface area contributed by atoms with E-state index in [0.29, 0.717) is 51.6 Å². The molecule has 8 nitrogen and oxygen atoms in total. The molecule has 2 amide bonds. The Morgan fingerprint density at radius 1 is 0.861 bits per heavy atom. The molecule has 4 rings (SSSR count). The van der Waals surface area contributed by atoms with Crippen LogP contribution in [0.1, 0.15) is 34.4 Å². The Bertz CT molecular complexity index is 1140. The molecular weight excluding hydrogens is 458 g/mol. The SMILES string of the molecule is CCOC(=O)N1CCN(C(=O)c2ccc(CN(Cc3ccccc3)Cc3cccc(OC)c3)o2)CC1. The number of benzene rings is 2. The highest BCUT2D eigenvalue weighted by molar-refractivity contribution is 5.91. The summed E-state index contributed by atoms with van der Waals surface area (Å²) in [6.45, 7) is 5.90. The quantitative estimate of drug-likeness (QED) is 0.442. The van der Waals surface area contributed by atoms with Crippen molar-refractivity contribution in [2.75, 3.05) is 39.9 Å². The number of amides is 2. The Balaban J connectivity index is 1.41. The molecule has 0 N–H and O–H groups in total. The first kappa shape index (κ1) is 25.3. The molecule has 1 aromatic heterocycles. The molecule has 0 aliphatic carbocycles. The van der Waals surface area contributed by atoms with E-state index in [1.807, 2.05) is 42.5 Å². The number of carbonyl (C=O) groups is 2. The van der Waals surface area contributed by atoms with Gasteiger partial charge in [0.15, 0.2) is 5.76 Å². The molecule has 8 heteroatoms. The van der Waals surface area contributed by atoms with Crippen molar-refractivity contribution in [3.8, 4) is 5.75 Å². The second-order valence-electron chi connectivity index (χ2n) is 8.73. The van der Waals surface area contributed by atoms with Gasteiger partial charge in [0.25, 0.3) is 5.91 Å². The summed E-state index contributed by atoms with van der Waals surface area (Å²) in [4.78, 5) is 30.6. The number of carbonyl (C=O) groups excluding carboxylic acids is 2. The maximum atomic E-state index is 13.0. The van der Waals surface area contributed by atoms with Crippen molar-refractivity contribution >= 4 is 12.0 Å². The largest absolute Gasteiger partial charge is 0.497 e. The van der Waals surface area contributed by atoms with Gasteiger partial charge in [0.1, 0.15) is 11.5 Å². The first-order chi connectivity index (χ1) is 17.6. The van der Waals surface area contributed by atoms with Crippen LogP contribution in [0, 0.1) is 0 Å². The Hall–Kier alpha value is -3.78. The number of hydrogen-bond acceptors (Lipinski definition) is 6. The topological polar surface area (TPSA) is 75.5 Å². The lowest BCUT2D eigenvalue weighted by molar-refractivity contribution is 0.0543. The molecule has 36 heavy (non-hydrogen) atoms. The van der Waals surface area contributed by atoms with Gasteiger partial charge in [-0.15, -0.1) is 0 Å². The minimum absolute atomic E-state index is 0.160. The molecule has 0 spiro atoms. The van der Waals surface area contributed by atoms with Gasteiger partial charge in [-0.05, 0) is 42.3 Å². The third-order valence-electron chi connectivity index (χ3n) is 6.13. The highest BCUT2D eigenvalue weighted by atomic mass is 16.6. The Labute approximate surface area is 212 Å². The van der Waals surface area contributed by atoms with Gasteiger partial charge in [0, 0.05) is 39.3 Å². The Morgan fingerprint density at radius 3 is 2.28 bits per heavy atom. The van der Waals surface area contributed by atoms with Crippen molar-refractivity contribution in [3.05, 3.63) is 89.4 Å². The lowest BCUT2D eigenvalue weighted by atomic mass is 10.1. The molecule has 0 saturated carbocycles. The van der Waals surface area contributed by atoms with Crippen LogP contribution in [0.5, 0.6) is 5.75 Å². The van der Waals surface area contributed by atoms with E-state index in [2.05, 4.69) is 23.1 Å². The molecular formula is C28H33N3O5. The fourth-order valence-electron chi connectivity index (χ4n) is 4.30. The molecule has 0 atom stereocenters. The highest BCUT2D eigenvalue weighted by Crippen LogP contribution is 2.20. The molecule has 0 bridgehead atoms. The second kappa shape index (κ2) is 12.3. The molecule has 1 aliphatic rings. The van der Waals surface area contributed by atoms with Gasteiger partial charge >= 0.3 is 6.09 Å². The number of ether oxygens (including phenoxy) is 2. The van der Waals surface area contributed by atoms with Crippen molar-refractivity contribution in [1.82, 2.24) is 14.7 Å². The third-order valence-corrected chi connectivity index (χ3v) is 6.13. The summed E-state index contributed by atoms with van der Waals surface area (Å²) in [6, 6.07) is 21.9. The summed E-state index contributed by atoms with van der Waals surface area (Å²) >= 11 is 0. The third kappa shape index (κ3) is 6.66. The molecule has 190 valence electrons. The fourth-order valence-corrected chi connectivity index (χ4v) is 4.30. The number of hydrogen-bond donors (Lipinski definition) is 0. The van der Waals surface area contributed by atoms with E-state index in [9.17, 15) is 9.59 Å². The molecule has 3 aromatic rings. The lowest BCUT2D eigenvalue weighted by Gasteiger charge is -2.33. The fraction of sp³-hybridized carbons (Fsp3) is 0.357. The van der Waals surface area contributed by atoms with Gasteiger partial charge in [0.05, 0.1) is 20.3 Å². The van der Waals surface area contributed by atoms with Gasteiger partial charge in [-0.2, -0.15) is 0 Å². The van der Waals surface area contributed by atoms with Crippen molar-refractivity contribution in [1.29, 1.82) is 0 Å². The summed E-state index contributed by atoms with van der Waals surface area (Å²) in [7, 11) is 1.67. The van der Waals surface area contributed by atoms with Crippen molar-refractivity contribution in [2.24, 2.45) is 0 Å². The minimum Gasteiger partial charge on any atom is -0.497 e. The summed E-state index contributed by atoms with van der Waals surface area (Å²) in [5.41, 5.74) is 2.33. The monoisotopic (exact) mass is 491 g/mol. The van der Waals surface area contributed by atoms with Crippen LogP contribution < -0.4 is 4.74 Å². The first-order valence-corrected chi connectivity index (χ1v) is 12.2. The van der Waals surface area contributed by atoms with Gasteiger partial charge in [-0.3, -0.25) is 9.69 Å². The average molecular weight is 492 g/mol. The first-order valence-electron chi connectivity index (χ1n) is 12.2. The number of methoxy groups -OCH3 is 1. The number of nitrogens with zero attached hydrogens (tertiary/aromatic N) is 3. The Kier molecular flexibility index (Phi) is 8.62. The van der Waals surface area contributed by atoms with E-state index in [1.165, 1.54) is 5.56 Å². The van der Waals surface area contributed by atoms with E-state index in [1.54, 1.807) is 29.9 Å². The molecule has 2 heterocycles. The highest BCUT2D eigenvalue weighted by Gasteiger charge is 2.27. The van der Waals surface area contributed by atoms with Crippen LogP contribution in [0.2, 0.25) is 0 Å². The van der Waals surface area contributed by atoms with Crippen molar-refractivity contribution in [2.45, 2.75) is 26.6 Å². The number of rotatable bonds is 9. The van der Waals surface area contributed by atoms with E-state index < -0.39 is 0 Å². The summed E-state index contributed by atoms with van der Waals surface area (Å²) in [5, 5.41) is 0. The van der Waals surface area contributed by atoms with Crippen LogP contribution in [0.25, 0.3) is 0 Å². The van der Waals surface area contributed by atoms with E-state index in [0.717, 1.165) is 23.6 Å². The van der Waals surface area contributed by atoms with Crippen molar-refractivity contribution < 1.29 is 23.5 Å². The normalized spacial score (nSPS) is 13.6. The van der Waals surface area contributed by atoms with Crippen LogP contribution >= 0.6 is 0 Å². The zero-order chi connectivity index (χ0) is 25.3. The summed E-state index contributed by atoms with van der Waals surface area (Å²) in [6.07, 6.45) is -0.334. The Morgan fingerprint density at radius 2 is 1.56 bits per heavy atom. The smallest absolute Gasteiger partial charge is 0.409 e. The van der Waals surface area contributed by atoms with Crippen LogP contribution in [0.15, 0.2) is 71.1 Å². The van der Waals surface area contributed by atoms with Gasteiger partial charge < -0.3 is 23.7 Å². The summed E-state index contributed by atoms with van der Waals surface area (Å²) in [5.74, 6) is 1.70. The number of piperazine rings is 1. The molecule has 1 aliphatic heterocycles. The van der Waals surface area contributed by atoms with Crippen LogP contribution in [0.4, 0.5) is 4.79 Å². The van der Waals surface area contributed by atoms with Crippen molar-refractivity contribution in [3.63, 3.8) is 0 Å². The molecule has 0 radical (unpaired) electrons.